The summed E-state index contributed by atoms with van der Waals surface area (Å²) in [6, 6.07) is 32.0. The topological polar surface area (TPSA) is 144 Å². The van der Waals surface area contributed by atoms with Gasteiger partial charge in [-0.15, -0.1) is 24.0 Å². The van der Waals surface area contributed by atoms with Crippen LogP contribution in [0, 0.1) is 37.2 Å². The number of rotatable bonds is 21. The summed E-state index contributed by atoms with van der Waals surface area (Å²) in [6.45, 7) is 22.9. The standard InChI is InChI=1S/3C20H23FN2O2.I3.HI/c3*1-22-18-9-10-19(15(13-18)14-24)20(25,11-4-12-23(2)3)16-5-7-17(21)8-6-16;1-3-2;/h3*5-10,13,24-25H,4,11-12,14H2,2-3H3;;1H/q;;;-1;/t2*20-;;;/m00.../s1. The van der Waals surface area contributed by atoms with Crippen LogP contribution < -0.4 is 13.3 Å². The van der Waals surface area contributed by atoms with E-state index in [-0.39, 0.29) is 61.2 Å². The van der Waals surface area contributed by atoms with Gasteiger partial charge in [0.25, 0.3) is 0 Å². The number of hydrogen-bond donors (Lipinski definition) is 6. The first-order valence-electron chi connectivity index (χ1n) is 24.7. The van der Waals surface area contributed by atoms with Crippen molar-refractivity contribution in [2.24, 2.45) is 0 Å². The molecule has 0 aromatic heterocycles. The zero-order valence-corrected chi connectivity index (χ0v) is 54.0. The van der Waals surface area contributed by atoms with Crippen LogP contribution >= 0.6 is 61.2 Å². The Morgan fingerprint density at radius 3 is 0.823 bits per heavy atom. The summed E-state index contributed by atoms with van der Waals surface area (Å²) in [6.07, 6.45) is 3.41. The molecule has 0 fully saturated rings. The van der Waals surface area contributed by atoms with Gasteiger partial charge in [0.1, 0.15) is 34.3 Å². The fraction of sp³-hybridized carbons (Fsp3) is 0.350. The summed E-state index contributed by atoms with van der Waals surface area (Å²) >= 11 is 5.30. The van der Waals surface area contributed by atoms with Crippen molar-refractivity contribution in [3.63, 3.8) is 0 Å². The van der Waals surface area contributed by atoms with Crippen molar-refractivity contribution in [3.05, 3.63) is 229 Å². The predicted octanol–water partition coefficient (Wildman–Crippen LogP) is 9.73. The molecule has 79 heavy (non-hydrogen) atoms. The maximum atomic E-state index is 13.3. The first-order valence-corrected chi connectivity index (χ1v) is 37.3. The van der Waals surface area contributed by atoms with Crippen molar-refractivity contribution in [1.82, 2.24) is 14.7 Å². The van der Waals surface area contributed by atoms with Gasteiger partial charge in [0, 0.05) is 0 Å². The molecule has 0 spiro atoms. The predicted molar refractivity (Wildman–Crippen MR) is 331 cm³/mol. The molecule has 12 nitrogen and oxygen atoms in total. The van der Waals surface area contributed by atoms with Crippen molar-refractivity contribution in [3.8, 4) is 0 Å². The molecule has 3 atom stereocenters. The van der Waals surface area contributed by atoms with Crippen molar-refractivity contribution in [2.75, 3.05) is 61.9 Å². The molecule has 0 saturated carbocycles. The van der Waals surface area contributed by atoms with Crippen LogP contribution in [0.2, 0.25) is 0 Å². The largest absolute Gasteiger partial charge is 0.392 e. The number of aliphatic hydroxyl groups is 6. The second-order valence-corrected chi connectivity index (χ2v) is 35.5. The minimum atomic E-state index is -1.36. The van der Waals surface area contributed by atoms with Crippen LogP contribution in [0.5, 0.6) is 0 Å². The summed E-state index contributed by atoms with van der Waals surface area (Å²) in [5, 5.41) is 63.7. The second-order valence-electron chi connectivity index (χ2n) is 19.2. The van der Waals surface area contributed by atoms with Crippen molar-refractivity contribution >= 4 is 78.3 Å². The summed E-state index contributed by atoms with van der Waals surface area (Å²) in [5.41, 5.74) is 2.00. The third-order valence-electron chi connectivity index (χ3n) is 12.9. The summed E-state index contributed by atoms with van der Waals surface area (Å²) < 4.78 is 40.0. The first-order chi connectivity index (χ1) is 37.1. The van der Waals surface area contributed by atoms with Crippen LogP contribution in [-0.2, 0) is 36.6 Å². The fourth-order valence-corrected chi connectivity index (χ4v) is 8.99. The Balaban J connectivity index is 0.000000392. The molecular formula is C60H70F3I4N6O6-. The Morgan fingerprint density at radius 2 is 0.646 bits per heavy atom. The molecule has 6 aromatic rings. The molecular weight excluding hydrogens is 1470 g/mol. The van der Waals surface area contributed by atoms with Crippen molar-refractivity contribution < 1.29 is 57.1 Å². The van der Waals surface area contributed by atoms with E-state index >= 15 is 0 Å². The second kappa shape index (κ2) is 35.9. The van der Waals surface area contributed by atoms with Gasteiger partial charge in [0.05, 0.1) is 39.5 Å². The number of halogens is 7. The molecule has 6 rings (SSSR count). The number of nitrogens with zero attached hydrogens (tertiary/aromatic N) is 6. The normalized spacial score (nSPS) is 13.1. The molecule has 0 amide bonds. The third kappa shape index (κ3) is 21.4. The molecule has 0 saturated heterocycles. The van der Waals surface area contributed by atoms with Gasteiger partial charge in [0.2, 0.25) is 0 Å². The molecule has 0 radical (unpaired) electrons. The third-order valence-corrected chi connectivity index (χ3v) is 12.9. The van der Waals surface area contributed by atoms with E-state index in [1.54, 1.807) is 91.0 Å². The van der Waals surface area contributed by atoms with Crippen LogP contribution in [0.25, 0.3) is 14.5 Å². The first kappa shape index (κ1) is 71.2. The van der Waals surface area contributed by atoms with Gasteiger partial charge in [-0.3, -0.25) is 0 Å². The Hall–Kier alpha value is -3.86. The van der Waals surface area contributed by atoms with Gasteiger partial charge in [-0.2, -0.15) is 0 Å². The molecule has 0 aliphatic carbocycles. The van der Waals surface area contributed by atoms with Gasteiger partial charge in [-0.1, -0.05) is 91.0 Å². The molecule has 0 heterocycles. The Bertz CT molecular complexity index is 2610. The van der Waals surface area contributed by atoms with E-state index in [1.807, 2.05) is 57.0 Å². The van der Waals surface area contributed by atoms with Crippen LogP contribution in [0.15, 0.2) is 127 Å². The summed E-state index contributed by atoms with van der Waals surface area (Å²) in [7, 11) is 11.8. The Labute approximate surface area is 511 Å². The summed E-state index contributed by atoms with van der Waals surface area (Å²) in [5.74, 6) is -1.11. The molecule has 0 bridgehead atoms. The number of hydrogen-bond acceptors (Lipinski definition) is 9. The average Bonchev–Trinajstić information content (AvgIpc) is 3.51. The van der Waals surface area contributed by atoms with E-state index in [0.717, 1.165) is 38.9 Å². The Morgan fingerprint density at radius 1 is 0.430 bits per heavy atom. The monoisotopic (exact) mass is 1540 g/mol. The smallest absolute Gasteiger partial charge is 0.187 e. The van der Waals surface area contributed by atoms with Gasteiger partial charge in [0.15, 0.2) is 17.1 Å². The van der Waals surface area contributed by atoms with E-state index in [1.165, 1.54) is 36.4 Å². The molecule has 426 valence electrons. The van der Waals surface area contributed by atoms with Gasteiger partial charge in [-0.25, -0.2) is 27.7 Å². The van der Waals surface area contributed by atoms with E-state index in [0.29, 0.717) is 99.7 Å². The maximum Gasteiger partial charge on any atom is 0.187 e. The zero-order chi connectivity index (χ0) is 58.1. The van der Waals surface area contributed by atoms with Crippen molar-refractivity contribution in [2.45, 2.75) is 75.1 Å². The van der Waals surface area contributed by atoms with Gasteiger partial charge < -0.3 is 45.3 Å². The fourth-order valence-electron chi connectivity index (χ4n) is 8.99. The van der Waals surface area contributed by atoms with E-state index in [4.69, 9.17) is 19.7 Å². The average molecular weight is 1540 g/mol. The van der Waals surface area contributed by atoms with Crippen LogP contribution in [0.3, 0.4) is 0 Å². The van der Waals surface area contributed by atoms with Crippen molar-refractivity contribution in [1.29, 1.82) is 0 Å². The summed E-state index contributed by atoms with van der Waals surface area (Å²) in [4.78, 5) is 16.2. The molecule has 19 heteroatoms. The number of aliphatic hydroxyl groups excluding tert-OH is 3. The molecule has 1 unspecified atom stereocenters. The Kier molecular flexibility index (Phi) is 32.4. The van der Waals surface area contributed by atoms with Crippen LogP contribution in [-0.4, -0.2) is 107 Å². The van der Waals surface area contributed by atoms with Crippen LogP contribution in [0.1, 0.15) is 88.6 Å². The van der Waals surface area contributed by atoms with Gasteiger partial charge in [-0.05, 0) is 187 Å². The minimum Gasteiger partial charge on any atom is -0.392 e. The van der Waals surface area contributed by atoms with E-state index in [9.17, 15) is 43.8 Å². The van der Waals surface area contributed by atoms with E-state index in [2.05, 4.69) is 51.8 Å². The molecule has 0 aliphatic rings. The maximum absolute atomic E-state index is 13.3. The number of benzene rings is 6. The minimum absolute atomic E-state index is 0. The quantitative estimate of drug-likeness (QED) is 0.0307. The zero-order valence-electron chi connectivity index (χ0n) is 45.2. The molecule has 6 aromatic carbocycles. The van der Waals surface area contributed by atoms with E-state index < -0.39 is 16.8 Å². The van der Waals surface area contributed by atoms with Crippen LogP contribution in [0.4, 0.5) is 30.2 Å². The molecule has 0 aliphatic heterocycles. The molecule has 6 N–H and O–H groups in total. The SMILES string of the molecule is I.I[I-]I.[C-]#[N+]c1ccc(C(O)(CCCN(C)C)c2ccc(F)cc2)c(CO)c1.[C-]#[N+]c1ccc([C@](O)(CCCN(C)C)c2ccc(F)cc2)c(CO)c1.[C-]#[N+]c1ccc([C@](O)(CCCN(C)C)c2ccc(F)cc2)c(CO)c1. The van der Waals surface area contributed by atoms with Gasteiger partial charge >= 0.3 is 50.5 Å².